The summed E-state index contributed by atoms with van der Waals surface area (Å²) in [6.07, 6.45) is 3.93. The molecule has 106 valence electrons. The molecule has 2 aromatic rings. The average Bonchev–Trinajstić information content (AvgIpc) is 2.79. The van der Waals surface area contributed by atoms with Gasteiger partial charge >= 0.3 is 5.97 Å². The van der Waals surface area contributed by atoms with E-state index in [1.54, 1.807) is 18.5 Å². The summed E-state index contributed by atoms with van der Waals surface area (Å²) in [5, 5.41) is 12.9. The van der Waals surface area contributed by atoms with Gasteiger partial charge < -0.3 is 10.0 Å². The van der Waals surface area contributed by atoms with Gasteiger partial charge in [-0.1, -0.05) is 6.92 Å². The number of amides is 1. The fourth-order valence-electron chi connectivity index (χ4n) is 1.82. The van der Waals surface area contributed by atoms with Crippen molar-refractivity contribution >= 4 is 17.7 Å². The Bertz CT molecular complexity index is 591. The topological polar surface area (TPSA) is 101 Å². The van der Waals surface area contributed by atoms with Crippen molar-refractivity contribution in [3.8, 4) is 0 Å². The van der Waals surface area contributed by atoms with Crippen LogP contribution in [0.2, 0.25) is 0 Å². The minimum absolute atomic E-state index is 0.0311. The first kappa shape index (κ1) is 13.9. The molecule has 20 heavy (non-hydrogen) atoms. The Morgan fingerprint density at radius 2 is 2.25 bits per heavy atom. The van der Waals surface area contributed by atoms with Crippen LogP contribution in [-0.4, -0.2) is 54.6 Å². The van der Waals surface area contributed by atoms with Crippen molar-refractivity contribution in [2.45, 2.75) is 19.8 Å². The first-order valence-corrected chi connectivity index (χ1v) is 6.26. The minimum atomic E-state index is -1.03. The lowest BCUT2D eigenvalue weighted by Gasteiger charge is -2.18. The lowest BCUT2D eigenvalue weighted by Crippen LogP contribution is -2.37. The molecule has 8 nitrogen and oxygen atoms in total. The summed E-state index contributed by atoms with van der Waals surface area (Å²) in [7, 11) is 0. The van der Waals surface area contributed by atoms with Gasteiger partial charge in [0.05, 0.1) is 6.42 Å². The number of carboxylic acids is 1. The van der Waals surface area contributed by atoms with Crippen molar-refractivity contribution in [2.75, 3.05) is 13.1 Å². The van der Waals surface area contributed by atoms with Crippen LogP contribution in [0.3, 0.4) is 0 Å². The Hall–Kier alpha value is -2.51. The van der Waals surface area contributed by atoms with E-state index in [1.165, 1.54) is 9.42 Å². The number of aromatic nitrogens is 4. The maximum atomic E-state index is 12.1. The molecule has 8 heteroatoms. The van der Waals surface area contributed by atoms with Crippen LogP contribution in [0.25, 0.3) is 5.78 Å². The Morgan fingerprint density at radius 3 is 2.90 bits per heavy atom. The third-order valence-corrected chi connectivity index (χ3v) is 2.64. The fraction of sp³-hybridized carbons (Fsp3) is 0.417. The molecule has 0 aliphatic carbocycles. The van der Waals surface area contributed by atoms with Gasteiger partial charge in [0.15, 0.2) is 5.82 Å². The second-order valence-electron chi connectivity index (χ2n) is 4.28. The normalized spacial score (nSPS) is 10.7. The van der Waals surface area contributed by atoms with Gasteiger partial charge in [-0.3, -0.25) is 9.59 Å². The predicted octanol–water partition coefficient (Wildman–Crippen LogP) is -0.0100. The molecule has 0 unspecified atom stereocenters. The molecule has 0 fully saturated rings. The molecule has 1 N–H and O–H groups in total. The van der Waals surface area contributed by atoms with E-state index in [4.69, 9.17) is 5.11 Å². The van der Waals surface area contributed by atoms with Crippen molar-refractivity contribution in [3.63, 3.8) is 0 Å². The third kappa shape index (κ3) is 3.28. The summed E-state index contributed by atoms with van der Waals surface area (Å²) in [4.78, 5) is 32.2. The van der Waals surface area contributed by atoms with Gasteiger partial charge in [-0.05, 0) is 12.5 Å². The van der Waals surface area contributed by atoms with E-state index in [2.05, 4.69) is 15.1 Å². The van der Waals surface area contributed by atoms with Crippen LogP contribution in [0.4, 0.5) is 0 Å². The highest BCUT2D eigenvalue weighted by molar-refractivity contribution is 5.82. The smallest absolute Gasteiger partial charge is 0.323 e. The summed E-state index contributed by atoms with van der Waals surface area (Å²) in [6, 6.07) is 1.71. The van der Waals surface area contributed by atoms with E-state index in [-0.39, 0.29) is 18.9 Å². The van der Waals surface area contributed by atoms with Crippen LogP contribution >= 0.6 is 0 Å². The second-order valence-corrected chi connectivity index (χ2v) is 4.28. The quantitative estimate of drug-likeness (QED) is 0.797. The van der Waals surface area contributed by atoms with Gasteiger partial charge in [0.2, 0.25) is 5.91 Å². The number of fused-ring (bicyclic) bond motifs is 1. The number of hydrogen-bond acceptors (Lipinski definition) is 5. The molecule has 0 atom stereocenters. The SMILES string of the molecule is CCCN(CC(=O)O)C(=O)Cc1nc2ncccn2n1. The average molecular weight is 277 g/mol. The van der Waals surface area contributed by atoms with Crippen molar-refractivity contribution in [2.24, 2.45) is 0 Å². The number of carbonyl (C=O) groups excluding carboxylic acids is 1. The molecular weight excluding hydrogens is 262 g/mol. The maximum absolute atomic E-state index is 12.1. The molecule has 0 saturated carbocycles. The molecule has 1 amide bonds. The van der Waals surface area contributed by atoms with Crippen molar-refractivity contribution in [1.29, 1.82) is 0 Å². The molecule has 0 aliphatic heterocycles. The summed E-state index contributed by atoms with van der Waals surface area (Å²) in [6.45, 7) is 1.98. The number of nitrogens with zero attached hydrogens (tertiary/aromatic N) is 5. The number of aliphatic carboxylic acids is 1. The molecule has 0 spiro atoms. The fourth-order valence-corrected chi connectivity index (χ4v) is 1.82. The minimum Gasteiger partial charge on any atom is -0.480 e. The highest BCUT2D eigenvalue weighted by Gasteiger charge is 2.18. The molecule has 0 bridgehead atoms. The standard InChI is InChI=1S/C12H15N5O3/c1-2-5-16(8-11(19)20)10(18)7-9-14-12-13-4-3-6-17(12)15-9/h3-4,6H,2,5,7-8H2,1H3,(H,19,20). The predicted molar refractivity (Wildman–Crippen MR) is 69.0 cm³/mol. The van der Waals surface area contributed by atoms with E-state index in [9.17, 15) is 9.59 Å². The van der Waals surface area contributed by atoms with Crippen LogP contribution in [0, 0.1) is 0 Å². The highest BCUT2D eigenvalue weighted by atomic mass is 16.4. The number of carboxylic acid groups (broad SMARTS) is 1. The monoisotopic (exact) mass is 277 g/mol. The van der Waals surface area contributed by atoms with E-state index in [1.807, 2.05) is 6.92 Å². The van der Waals surface area contributed by atoms with E-state index in [0.29, 0.717) is 24.6 Å². The lowest BCUT2D eigenvalue weighted by molar-refractivity contribution is -0.144. The zero-order valence-corrected chi connectivity index (χ0v) is 11.1. The van der Waals surface area contributed by atoms with E-state index in [0.717, 1.165) is 0 Å². The number of carbonyl (C=O) groups is 2. The molecule has 0 saturated heterocycles. The Labute approximate surface area is 115 Å². The van der Waals surface area contributed by atoms with Gasteiger partial charge in [0.1, 0.15) is 6.54 Å². The largest absolute Gasteiger partial charge is 0.480 e. The summed E-state index contributed by atoms with van der Waals surface area (Å²) in [5.41, 5.74) is 0. The molecule has 0 aromatic carbocycles. The van der Waals surface area contributed by atoms with Gasteiger partial charge in [0.25, 0.3) is 5.78 Å². The van der Waals surface area contributed by atoms with Gasteiger partial charge in [-0.2, -0.15) is 4.98 Å². The lowest BCUT2D eigenvalue weighted by atomic mass is 10.3. The Balaban J connectivity index is 2.10. The molecule has 2 heterocycles. The first-order valence-electron chi connectivity index (χ1n) is 6.26. The molecular formula is C12H15N5O3. The zero-order valence-electron chi connectivity index (χ0n) is 11.1. The molecule has 0 radical (unpaired) electrons. The molecule has 2 aromatic heterocycles. The third-order valence-electron chi connectivity index (χ3n) is 2.64. The van der Waals surface area contributed by atoms with Crippen LogP contribution in [0.15, 0.2) is 18.5 Å². The van der Waals surface area contributed by atoms with Crippen molar-refractivity contribution < 1.29 is 14.7 Å². The summed E-state index contributed by atoms with van der Waals surface area (Å²) in [5.74, 6) is -0.586. The zero-order chi connectivity index (χ0) is 14.5. The van der Waals surface area contributed by atoms with Crippen LogP contribution in [0.5, 0.6) is 0 Å². The van der Waals surface area contributed by atoms with Gasteiger partial charge in [0, 0.05) is 18.9 Å². The molecule has 2 rings (SSSR count). The van der Waals surface area contributed by atoms with Crippen molar-refractivity contribution in [3.05, 3.63) is 24.3 Å². The van der Waals surface area contributed by atoms with E-state index < -0.39 is 5.97 Å². The summed E-state index contributed by atoms with van der Waals surface area (Å²) >= 11 is 0. The Morgan fingerprint density at radius 1 is 1.45 bits per heavy atom. The Kier molecular flexibility index (Phi) is 4.24. The van der Waals surface area contributed by atoms with Crippen LogP contribution in [0.1, 0.15) is 19.2 Å². The highest BCUT2D eigenvalue weighted by Crippen LogP contribution is 2.02. The van der Waals surface area contributed by atoms with Crippen molar-refractivity contribution in [1.82, 2.24) is 24.5 Å². The van der Waals surface area contributed by atoms with Gasteiger partial charge in [-0.25, -0.2) is 9.50 Å². The van der Waals surface area contributed by atoms with Crippen LogP contribution < -0.4 is 0 Å². The maximum Gasteiger partial charge on any atom is 0.323 e. The van der Waals surface area contributed by atoms with Gasteiger partial charge in [-0.15, -0.1) is 5.10 Å². The summed E-state index contributed by atoms with van der Waals surface area (Å²) < 4.78 is 1.48. The van der Waals surface area contributed by atoms with Crippen LogP contribution in [-0.2, 0) is 16.0 Å². The number of hydrogen-bond donors (Lipinski definition) is 1. The first-order chi connectivity index (χ1) is 9.60. The molecule has 0 aliphatic rings. The van der Waals surface area contributed by atoms with E-state index >= 15 is 0 Å². The number of rotatable bonds is 6. The second kappa shape index (κ2) is 6.09.